The predicted molar refractivity (Wildman–Crippen MR) is 161 cm³/mol. The third-order valence-corrected chi connectivity index (χ3v) is 9.48. The van der Waals surface area contributed by atoms with E-state index in [0.717, 1.165) is 19.4 Å². The van der Waals surface area contributed by atoms with Crippen LogP contribution in [0.5, 0.6) is 11.5 Å². The molecule has 0 saturated carbocycles. The van der Waals surface area contributed by atoms with Crippen LogP contribution >= 0.6 is 0 Å². The van der Waals surface area contributed by atoms with Gasteiger partial charge in [-0.3, -0.25) is 14.4 Å². The number of carboxylic acids is 2. The number of aliphatic hydroxyl groups is 3. The van der Waals surface area contributed by atoms with Crippen LogP contribution < -0.4 is 10.1 Å². The van der Waals surface area contributed by atoms with Gasteiger partial charge in [0.15, 0.2) is 41.7 Å². The normalized spacial score (nSPS) is 26.4. The number of likely N-dealkylation sites (N-methyl/N-ethyl adjacent to an activating group) is 1. The summed E-state index contributed by atoms with van der Waals surface area (Å²) in [5.41, 5.74) is -1.26. The lowest BCUT2D eigenvalue weighted by Crippen LogP contribution is -2.70. The summed E-state index contributed by atoms with van der Waals surface area (Å²) in [6.45, 7) is 3.89. The molecule has 17 nitrogen and oxygen atoms in total. The van der Waals surface area contributed by atoms with Crippen molar-refractivity contribution in [1.82, 2.24) is 5.32 Å². The average molecular weight is 694 g/mol. The summed E-state index contributed by atoms with van der Waals surface area (Å²) in [6, 6.07) is 2.73. The van der Waals surface area contributed by atoms with Crippen LogP contribution in [0.2, 0.25) is 0 Å². The number of aliphatic carboxylic acids is 2. The molecule has 4 rings (SSSR count). The van der Waals surface area contributed by atoms with E-state index < -0.39 is 102 Å². The number of hydrogen-bond donors (Lipinski definition) is 7. The van der Waals surface area contributed by atoms with E-state index in [4.69, 9.17) is 24.4 Å². The maximum atomic E-state index is 13.4. The Balaban J connectivity index is 1.60. The van der Waals surface area contributed by atoms with E-state index in [1.54, 1.807) is 13.1 Å². The van der Waals surface area contributed by atoms with E-state index in [2.05, 4.69) is 10.1 Å². The lowest BCUT2D eigenvalue weighted by atomic mass is 9.52. The molecule has 0 spiro atoms. The Morgan fingerprint density at radius 2 is 1.63 bits per heavy atom. The molecule has 1 heterocycles. The molecule has 9 atom stereocenters. The zero-order valence-electron chi connectivity index (χ0n) is 27.1. The van der Waals surface area contributed by atoms with Crippen LogP contribution in [-0.4, -0.2) is 115 Å². The number of phenols is 1. The first-order chi connectivity index (χ1) is 22.9. The smallest absolute Gasteiger partial charge is 0.347 e. The summed E-state index contributed by atoms with van der Waals surface area (Å²) in [6.07, 6.45) is -9.34. The van der Waals surface area contributed by atoms with Gasteiger partial charge in [0.05, 0.1) is 23.4 Å². The fourth-order valence-electron chi connectivity index (χ4n) is 6.90. The zero-order valence-corrected chi connectivity index (χ0v) is 27.1. The van der Waals surface area contributed by atoms with Crippen LogP contribution in [0.1, 0.15) is 57.6 Å². The number of carbonyl (C=O) groups excluding carboxylic acids is 4. The number of Topliss-reactive ketones (excluding diaryl/α,β-unsaturated/α-hetero) is 1. The van der Waals surface area contributed by atoms with E-state index in [9.17, 15) is 49.2 Å². The number of phenolic OH excluding ortho intramolecular Hbond substituents is 1. The zero-order chi connectivity index (χ0) is 36.6. The number of carbonyl (C=O) groups is 6. The summed E-state index contributed by atoms with van der Waals surface area (Å²) < 4.78 is 21.6. The second kappa shape index (κ2) is 14.1. The summed E-state index contributed by atoms with van der Waals surface area (Å²) in [4.78, 5) is 73.7. The Morgan fingerprint density at radius 1 is 0.980 bits per heavy atom. The molecule has 0 amide bonds. The van der Waals surface area contributed by atoms with Crippen LogP contribution in [0.25, 0.3) is 0 Å². The van der Waals surface area contributed by atoms with Gasteiger partial charge in [-0.1, -0.05) is 13.0 Å². The molecule has 7 N–H and O–H groups in total. The van der Waals surface area contributed by atoms with E-state index in [-0.39, 0.29) is 30.1 Å². The van der Waals surface area contributed by atoms with Gasteiger partial charge >= 0.3 is 29.8 Å². The summed E-state index contributed by atoms with van der Waals surface area (Å²) in [5, 5.41) is 63.7. The molecule has 1 aliphatic heterocycles. The van der Waals surface area contributed by atoms with Crippen LogP contribution in [0.3, 0.4) is 0 Å². The van der Waals surface area contributed by atoms with E-state index in [1.165, 1.54) is 12.1 Å². The fourth-order valence-corrected chi connectivity index (χ4v) is 6.90. The molecule has 0 unspecified atom stereocenters. The molecular formula is C32H39NO16. The lowest BCUT2D eigenvalue weighted by Gasteiger charge is -2.56. The van der Waals surface area contributed by atoms with Gasteiger partial charge < -0.3 is 54.9 Å². The van der Waals surface area contributed by atoms with Crippen molar-refractivity contribution in [2.75, 3.05) is 7.05 Å². The molecule has 1 aromatic rings. The van der Waals surface area contributed by atoms with Gasteiger partial charge in [-0.05, 0) is 51.4 Å². The van der Waals surface area contributed by atoms with Crippen molar-refractivity contribution in [2.24, 2.45) is 5.92 Å². The minimum Gasteiger partial charge on any atom is -0.504 e. The molecule has 0 saturated heterocycles. The Kier molecular flexibility index (Phi) is 10.7. The number of carboxylic acid groups (broad SMARTS) is 2. The number of aromatic hydroxyl groups is 1. The highest BCUT2D eigenvalue weighted by molar-refractivity contribution is 5.93. The SMILES string of the molecule is CC[C@]12c3c4ccc(O)c3O[C@H]1C(OC(=O)C[C@H](CC(=O)[C@H](O)[C@@H](O)C(=O)O)C(=O)O[C@@H](C)C(=O)O[C@@H](C)C(=O)O)=CC[C@@]2(O)[C@H](NC)C4. The number of ketones is 1. The van der Waals surface area contributed by atoms with E-state index >= 15 is 0 Å². The van der Waals surface area contributed by atoms with Crippen LogP contribution in [0.15, 0.2) is 24.0 Å². The molecule has 268 valence electrons. The van der Waals surface area contributed by atoms with Gasteiger partial charge in [0.25, 0.3) is 0 Å². The highest BCUT2D eigenvalue weighted by atomic mass is 16.6. The Morgan fingerprint density at radius 3 is 2.22 bits per heavy atom. The Bertz CT molecular complexity index is 1570. The topological polar surface area (TPSA) is 273 Å². The molecule has 0 fully saturated rings. The Hall–Kier alpha value is -4.58. The van der Waals surface area contributed by atoms with E-state index in [0.29, 0.717) is 12.0 Å². The largest absolute Gasteiger partial charge is 0.504 e. The van der Waals surface area contributed by atoms with Crippen molar-refractivity contribution in [2.45, 2.75) is 100 Å². The van der Waals surface area contributed by atoms with Crippen LogP contribution in [0.4, 0.5) is 0 Å². The third kappa shape index (κ3) is 6.58. The van der Waals surface area contributed by atoms with Gasteiger partial charge in [-0.25, -0.2) is 14.4 Å². The van der Waals surface area contributed by atoms with Crippen molar-refractivity contribution in [3.05, 3.63) is 35.1 Å². The highest BCUT2D eigenvalue weighted by Gasteiger charge is 2.69. The predicted octanol–water partition coefficient (Wildman–Crippen LogP) is -0.773. The third-order valence-electron chi connectivity index (χ3n) is 9.48. The van der Waals surface area contributed by atoms with Gasteiger partial charge in [0, 0.05) is 24.4 Å². The minimum absolute atomic E-state index is 0.0129. The highest BCUT2D eigenvalue weighted by Crippen LogP contribution is 2.63. The second-order valence-corrected chi connectivity index (χ2v) is 12.3. The lowest BCUT2D eigenvalue weighted by molar-refractivity contribution is -0.177. The maximum absolute atomic E-state index is 13.4. The molecule has 17 heteroatoms. The first-order valence-corrected chi connectivity index (χ1v) is 15.5. The first kappa shape index (κ1) is 37.2. The quantitative estimate of drug-likeness (QED) is 0.0877. The van der Waals surface area contributed by atoms with Gasteiger partial charge in [-0.2, -0.15) is 0 Å². The van der Waals surface area contributed by atoms with E-state index in [1.807, 2.05) is 6.92 Å². The number of benzene rings is 1. The van der Waals surface area contributed by atoms with Crippen LogP contribution in [-0.2, 0) is 54.8 Å². The number of nitrogens with one attached hydrogen (secondary N) is 1. The van der Waals surface area contributed by atoms with Crippen molar-refractivity contribution in [3.8, 4) is 11.5 Å². The first-order valence-electron chi connectivity index (χ1n) is 15.5. The minimum atomic E-state index is -2.56. The summed E-state index contributed by atoms with van der Waals surface area (Å²) in [5.74, 6) is -10.5. The average Bonchev–Trinajstić information content (AvgIpc) is 3.43. The fraction of sp³-hybridized carbons (Fsp3) is 0.562. The number of rotatable bonds is 15. The number of hydrogen-bond acceptors (Lipinski definition) is 15. The van der Waals surface area contributed by atoms with Crippen LogP contribution in [0, 0.1) is 5.92 Å². The van der Waals surface area contributed by atoms with Gasteiger partial charge in [0.2, 0.25) is 0 Å². The molecule has 0 bridgehead atoms. The maximum Gasteiger partial charge on any atom is 0.347 e. The monoisotopic (exact) mass is 693 g/mol. The molecular weight excluding hydrogens is 654 g/mol. The van der Waals surface area contributed by atoms with Gasteiger partial charge in [-0.15, -0.1) is 0 Å². The molecule has 2 aliphatic carbocycles. The molecule has 1 aromatic carbocycles. The number of aliphatic hydroxyl groups excluding tert-OH is 2. The number of ether oxygens (including phenoxy) is 4. The molecule has 0 aromatic heterocycles. The second-order valence-electron chi connectivity index (χ2n) is 12.3. The summed E-state index contributed by atoms with van der Waals surface area (Å²) in [7, 11) is 1.70. The molecule has 0 radical (unpaired) electrons. The molecule has 49 heavy (non-hydrogen) atoms. The standard InChI is InChI=1S/C32H39NO16/c1-5-31-22-15-6-7-17(34)25(22)49-26(31)19(8-9-32(31,45)20(11-15)33-4)48-21(36)12-16(10-18(35)23(37)24(38)28(41)42)30(44)47-14(3)29(43)46-13(2)27(39)40/h6-8,13-14,16,20,23-24,26,33-34,37-38,45H,5,9-12H2,1-4H3,(H,39,40)(H,41,42)/t13-,14-,16-,20+,23-,24+,26-,31-,32+/m0/s1. The van der Waals surface area contributed by atoms with Gasteiger partial charge in [0.1, 0.15) is 11.9 Å². The van der Waals surface area contributed by atoms with Crippen molar-refractivity contribution >= 4 is 35.6 Å². The number of esters is 3. The van der Waals surface area contributed by atoms with Crippen molar-refractivity contribution < 1.29 is 78.4 Å². The molecule has 3 aliphatic rings. The van der Waals surface area contributed by atoms with Crippen molar-refractivity contribution in [1.29, 1.82) is 0 Å². The van der Waals surface area contributed by atoms with Crippen molar-refractivity contribution in [3.63, 3.8) is 0 Å². The summed E-state index contributed by atoms with van der Waals surface area (Å²) >= 11 is 0. The Labute approximate surface area is 279 Å².